The van der Waals surface area contributed by atoms with Crippen LogP contribution in [0.15, 0.2) is 115 Å². The van der Waals surface area contributed by atoms with E-state index in [9.17, 15) is 9.59 Å². The number of aromatic nitrogens is 2. The smallest absolute Gasteiger partial charge is 0.408 e. The highest BCUT2D eigenvalue weighted by Crippen LogP contribution is 2.39. The summed E-state index contributed by atoms with van der Waals surface area (Å²) in [5.41, 5.74) is 5.13. The van der Waals surface area contributed by atoms with E-state index >= 15 is 0 Å². The average Bonchev–Trinajstić information content (AvgIpc) is 3.42. The number of aryl methyl sites for hydroxylation is 1. The lowest BCUT2D eigenvalue weighted by Crippen LogP contribution is -2.51. The molecule has 0 aliphatic carbocycles. The number of hydrogen-bond donors (Lipinski definition) is 2. The van der Waals surface area contributed by atoms with Crippen molar-refractivity contribution in [3.63, 3.8) is 0 Å². The molecule has 0 spiro atoms. The summed E-state index contributed by atoms with van der Waals surface area (Å²) in [5, 5.41) is 2.81. The molecule has 0 radical (unpaired) electrons. The predicted octanol–water partition coefficient (Wildman–Crippen LogP) is 7.70. The van der Waals surface area contributed by atoms with E-state index in [1.165, 1.54) is 0 Å². The Balaban J connectivity index is 1.52. The lowest BCUT2D eigenvalue weighted by molar-refractivity contribution is -0.145. The van der Waals surface area contributed by atoms with Gasteiger partial charge in [0.1, 0.15) is 17.5 Å². The molecular weight excluding hydrogens is 588 g/mol. The molecule has 8 heteroatoms. The Morgan fingerprint density at radius 2 is 1.30 bits per heavy atom. The van der Waals surface area contributed by atoms with Gasteiger partial charge in [-0.15, -0.1) is 0 Å². The molecular formula is C39H44N4O4. The van der Waals surface area contributed by atoms with Crippen molar-refractivity contribution in [3.05, 3.63) is 138 Å². The highest BCUT2D eigenvalue weighted by molar-refractivity contribution is 5.85. The first-order chi connectivity index (χ1) is 22.7. The van der Waals surface area contributed by atoms with Gasteiger partial charge in [0.25, 0.3) is 5.91 Å². The second-order valence-electron chi connectivity index (χ2n) is 12.6. The maximum atomic E-state index is 14.2. The second-order valence-corrected chi connectivity index (χ2v) is 12.6. The summed E-state index contributed by atoms with van der Waals surface area (Å²) in [6.07, 6.45) is 2.55. The number of carbonyl (C=O) groups excluding carboxylic acids is 2. The highest BCUT2D eigenvalue weighted by atomic mass is 16.7. The molecule has 0 saturated carbocycles. The molecule has 5 rings (SSSR count). The number of hydroxylamine groups is 1. The van der Waals surface area contributed by atoms with Crippen LogP contribution in [0.25, 0.3) is 11.0 Å². The van der Waals surface area contributed by atoms with Gasteiger partial charge < -0.3 is 14.6 Å². The maximum Gasteiger partial charge on any atom is 0.408 e. The maximum absolute atomic E-state index is 14.2. The molecule has 0 saturated heterocycles. The fourth-order valence-electron chi connectivity index (χ4n) is 5.79. The minimum atomic E-state index is -1.19. The van der Waals surface area contributed by atoms with Crippen LogP contribution in [0.3, 0.4) is 0 Å². The second kappa shape index (κ2) is 15.1. The van der Waals surface area contributed by atoms with Crippen LogP contribution in [-0.4, -0.2) is 33.2 Å². The van der Waals surface area contributed by atoms with E-state index in [0.29, 0.717) is 5.82 Å². The monoisotopic (exact) mass is 632 g/mol. The summed E-state index contributed by atoms with van der Waals surface area (Å²) in [6, 6.07) is 36.2. The number of hydrogen-bond acceptors (Lipinski definition) is 5. The number of para-hydroxylation sites is 2. The first-order valence-corrected chi connectivity index (χ1v) is 16.3. The Morgan fingerprint density at radius 1 is 0.766 bits per heavy atom. The molecule has 5 aromatic rings. The van der Waals surface area contributed by atoms with E-state index < -0.39 is 29.2 Å². The van der Waals surface area contributed by atoms with E-state index in [-0.39, 0.29) is 6.42 Å². The number of nitrogens with one attached hydrogen (secondary N) is 2. The standard InChI is InChI=1S/C39H44N4O4/c1-5-6-18-27-43-34-26-17-16-25-32(34)40-35(43)28-33(41-37(45)46-38(2,3)4)36(44)42-47-39(29-19-10-7-11-20-29,30-21-12-8-13-22-30)31-23-14-9-15-24-31/h7-17,19-26,33H,5-6,18,27-28H2,1-4H3,(H,41,45)(H,42,44). The molecule has 0 aliphatic heterocycles. The van der Waals surface area contributed by atoms with Gasteiger partial charge in [0.05, 0.1) is 11.0 Å². The molecule has 1 heterocycles. The number of imidazole rings is 1. The normalized spacial score (nSPS) is 12.4. The number of alkyl carbamates (subject to hydrolysis) is 1. The summed E-state index contributed by atoms with van der Waals surface area (Å²) in [5.74, 6) is 0.161. The van der Waals surface area contributed by atoms with Crippen molar-refractivity contribution < 1.29 is 19.2 Å². The SMILES string of the molecule is CCCCCn1c(CC(NC(=O)OC(C)(C)C)C(=O)NOC(c2ccccc2)(c2ccccc2)c2ccccc2)nc2ccccc21. The van der Waals surface area contributed by atoms with Crippen molar-refractivity contribution in [2.24, 2.45) is 0 Å². The Labute approximate surface area is 277 Å². The van der Waals surface area contributed by atoms with Gasteiger partial charge in [-0.05, 0) is 56.0 Å². The largest absolute Gasteiger partial charge is 0.444 e. The molecule has 1 atom stereocenters. The lowest BCUT2D eigenvalue weighted by atomic mass is 9.80. The van der Waals surface area contributed by atoms with Crippen molar-refractivity contribution in [3.8, 4) is 0 Å². The zero-order valence-corrected chi connectivity index (χ0v) is 27.6. The topological polar surface area (TPSA) is 94.5 Å². The Bertz CT molecular complexity index is 1650. The third-order valence-electron chi connectivity index (χ3n) is 7.96. The number of carbonyl (C=O) groups is 2. The molecule has 0 aliphatic rings. The summed E-state index contributed by atoms with van der Waals surface area (Å²) >= 11 is 0. The number of rotatable bonds is 13. The Kier molecular flexibility index (Phi) is 10.7. The van der Waals surface area contributed by atoms with Crippen LogP contribution in [0.5, 0.6) is 0 Å². The Morgan fingerprint density at radius 3 is 1.83 bits per heavy atom. The van der Waals surface area contributed by atoms with Crippen LogP contribution in [0.2, 0.25) is 0 Å². The summed E-state index contributed by atoms with van der Waals surface area (Å²) in [4.78, 5) is 38.8. The van der Waals surface area contributed by atoms with E-state index in [4.69, 9.17) is 14.6 Å². The van der Waals surface area contributed by atoms with E-state index in [2.05, 4.69) is 22.3 Å². The fourth-order valence-corrected chi connectivity index (χ4v) is 5.79. The van der Waals surface area contributed by atoms with E-state index in [1.807, 2.05) is 115 Å². The molecule has 0 bridgehead atoms. The van der Waals surface area contributed by atoms with Crippen LogP contribution in [-0.2, 0) is 32.9 Å². The number of benzene rings is 4. The van der Waals surface area contributed by atoms with Crippen molar-refractivity contribution in [1.82, 2.24) is 20.3 Å². The first kappa shape index (κ1) is 33.4. The summed E-state index contributed by atoms with van der Waals surface area (Å²) < 4.78 is 7.72. The molecule has 4 aromatic carbocycles. The third kappa shape index (κ3) is 8.07. The first-order valence-electron chi connectivity index (χ1n) is 16.3. The summed E-state index contributed by atoms with van der Waals surface area (Å²) in [7, 11) is 0. The molecule has 2 amide bonds. The quantitative estimate of drug-likeness (QED) is 0.0788. The number of fused-ring (bicyclic) bond motifs is 1. The van der Waals surface area contributed by atoms with Gasteiger partial charge in [0.15, 0.2) is 5.60 Å². The third-order valence-corrected chi connectivity index (χ3v) is 7.96. The van der Waals surface area contributed by atoms with Gasteiger partial charge in [-0.3, -0.25) is 9.63 Å². The average molecular weight is 633 g/mol. The lowest BCUT2D eigenvalue weighted by Gasteiger charge is -2.35. The molecule has 47 heavy (non-hydrogen) atoms. The van der Waals surface area contributed by atoms with Gasteiger partial charge >= 0.3 is 6.09 Å². The predicted molar refractivity (Wildman–Crippen MR) is 185 cm³/mol. The van der Waals surface area contributed by atoms with Gasteiger partial charge in [0, 0.05) is 13.0 Å². The van der Waals surface area contributed by atoms with Gasteiger partial charge in [0.2, 0.25) is 0 Å². The van der Waals surface area contributed by atoms with Crippen molar-refractivity contribution in [1.29, 1.82) is 0 Å². The zero-order valence-electron chi connectivity index (χ0n) is 27.6. The zero-order chi connectivity index (χ0) is 33.3. The number of unbranched alkanes of at least 4 members (excludes halogenated alkanes) is 2. The van der Waals surface area contributed by atoms with Crippen LogP contribution in [0, 0.1) is 0 Å². The van der Waals surface area contributed by atoms with Gasteiger partial charge in [-0.2, -0.15) is 0 Å². The summed E-state index contributed by atoms with van der Waals surface area (Å²) in [6.45, 7) is 8.27. The van der Waals surface area contributed by atoms with Crippen LogP contribution in [0.4, 0.5) is 4.79 Å². The molecule has 2 N–H and O–H groups in total. The molecule has 1 aromatic heterocycles. The molecule has 1 unspecified atom stereocenters. The Hall–Kier alpha value is -4.95. The minimum absolute atomic E-state index is 0.129. The minimum Gasteiger partial charge on any atom is -0.444 e. The molecule has 244 valence electrons. The van der Waals surface area contributed by atoms with Crippen LogP contribution < -0.4 is 10.8 Å². The number of amides is 2. The van der Waals surface area contributed by atoms with Crippen molar-refractivity contribution in [2.45, 2.75) is 77.2 Å². The number of nitrogens with zero attached hydrogens (tertiary/aromatic N) is 2. The molecule has 8 nitrogen and oxygen atoms in total. The molecule has 0 fully saturated rings. The van der Waals surface area contributed by atoms with E-state index in [0.717, 1.165) is 53.5 Å². The number of ether oxygens (including phenoxy) is 1. The van der Waals surface area contributed by atoms with Gasteiger partial charge in [-0.1, -0.05) is 123 Å². The fraction of sp³-hybridized carbons (Fsp3) is 0.308. The van der Waals surface area contributed by atoms with Crippen LogP contribution >= 0.6 is 0 Å². The van der Waals surface area contributed by atoms with Crippen molar-refractivity contribution >= 4 is 23.0 Å². The van der Waals surface area contributed by atoms with E-state index in [1.54, 1.807) is 20.8 Å². The van der Waals surface area contributed by atoms with Gasteiger partial charge in [-0.25, -0.2) is 15.3 Å². The van der Waals surface area contributed by atoms with Crippen LogP contribution in [0.1, 0.15) is 69.5 Å². The van der Waals surface area contributed by atoms with Crippen molar-refractivity contribution in [2.75, 3.05) is 0 Å². The highest BCUT2D eigenvalue weighted by Gasteiger charge is 2.40.